The highest BCUT2D eigenvalue weighted by molar-refractivity contribution is 7.85. The van der Waals surface area contributed by atoms with Crippen molar-refractivity contribution in [3.05, 3.63) is 17.8 Å². The van der Waals surface area contributed by atoms with Gasteiger partial charge in [0.1, 0.15) is 30.7 Å². The zero-order valence-electron chi connectivity index (χ0n) is 14.4. The van der Waals surface area contributed by atoms with Gasteiger partial charge in [0.2, 0.25) is 0 Å². The van der Waals surface area contributed by atoms with Crippen molar-refractivity contribution in [1.29, 1.82) is 0 Å². The van der Waals surface area contributed by atoms with E-state index in [1.165, 1.54) is 6.33 Å². The van der Waals surface area contributed by atoms with E-state index in [1.807, 2.05) is 0 Å². The number of imidazole rings is 1. The first kappa shape index (κ1) is 18.7. The topological polar surface area (TPSA) is 101 Å². The lowest BCUT2D eigenvalue weighted by Gasteiger charge is -2.32. The van der Waals surface area contributed by atoms with E-state index in [1.54, 1.807) is 10.9 Å². The Morgan fingerprint density at radius 3 is 2.88 bits per heavy atom. The van der Waals surface area contributed by atoms with Gasteiger partial charge in [-0.05, 0) is 19.6 Å². The number of halogens is 1. The number of nitrogens with zero attached hydrogens (tertiary/aromatic N) is 4. The Hall–Kier alpha value is -0.648. The molecule has 0 aromatic carbocycles. The lowest BCUT2D eigenvalue weighted by atomic mass is 10.1. The van der Waals surface area contributed by atoms with Gasteiger partial charge in [-0.1, -0.05) is 11.6 Å². The highest BCUT2D eigenvalue weighted by atomic mass is 35.5. The highest BCUT2D eigenvalue weighted by Gasteiger charge is 2.58. The second-order valence-corrected chi connectivity index (χ2v) is 13.6. The summed E-state index contributed by atoms with van der Waals surface area (Å²) in [4.78, 5) is 22.5. The van der Waals surface area contributed by atoms with Crippen molar-refractivity contribution in [2.75, 3.05) is 6.61 Å². The zero-order chi connectivity index (χ0) is 18.7. The van der Waals surface area contributed by atoms with Crippen LogP contribution in [0.15, 0.2) is 12.7 Å². The summed E-state index contributed by atoms with van der Waals surface area (Å²) >= 11 is 6.10. The molecule has 4 rings (SSSR count). The quantitative estimate of drug-likeness (QED) is 0.460. The van der Waals surface area contributed by atoms with E-state index in [9.17, 15) is 4.89 Å². The van der Waals surface area contributed by atoms with Crippen LogP contribution in [0.5, 0.6) is 0 Å². The average Bonchev–Trinajstić information content (AvgIpc) is 3.08. The molecule has 2 saturated heterocycles. The standard InChI is InChI=1S/C13H18BClN4O5PSi/c1-26(2,3)24-10-9-7(4-21-25(14,20)23-9)22-13(10)19-6-18-8-11(15)16-5-17-12(8)19/h5-7,9-10,13,20H,4H2,1-3H3/q+1/t7-,9-,10?,13-,25?/m1/s1. The Morgan fingerprint density at radius 1 is 1.38 bits per heavy atom. The molecule has 2 aromatic rings. The van der Waals surface area contributed by atoms with E-state index < -0.39 is 40.7 Å². The van der Waals surface area contributed by atoms with Gasteiger partial charge in [-0.15, -0.1) is 0 Å². The fourth-order valence-electron chi connectivity index (χ4n) is 3.12. The zero-order valence-corrected chi connectivity index (χ0v) is 17.1. The third kappa shape index (κ3) is 3.43. The molecule has 0 bridgehead atoms. The molecule has 138 valence electrons. The SMILES string of the molecule is [B][P+]1(O)OC[C@H]2O[C@@H](n3cnc4c(Cl)ncnc43)C(O[Si](C)(C)C)[C@@H]2O1. The van der Waals surface area contributed by atoms with Crippen molar-refractivity contribution >= 4 is 46.5 Å². The van der Waals surface area contributed by atoms with Crippen LogP contribution < -0.4 is 0 Å². The third-order valence-electron chi connectivity index (χ3n) is 4.06. The van der Waals surface area contributed by atoms with Gasteiger partial charge in [0.05, 0.1) is 6.33 Å². The molecule has 1 N–H and O–H groups in total. The lowest BCUT2D eigenvalue weighted by Crippen LogP contribution is -2.45. The fraction of sp³-hybridized carbons (Fsp3) is 0.615. The van der Waals surface area contributed by atoms with E-state index in [2.05, 4.69) is 34.6 Å². The summed E-state index contributed by atoms with van der Waals surface area (Å²) in [5, 5.41) is 0.258. The van der Waals surface area contributed by atoms with Gasteiger partial charge in [0, 0.05) is 0 Å². The first-order chi connectivity index (χ1) is 12.1. The predicted octanol–water partition coefficient (Wildman–Crippen LogP) is 1.85. The van der Waals surface area contributed by atoms with Crippen molar-refractivity contribution in [3.8, 4) is 0 Å². The first-order valence-corrected chi connectivity index (χ1v) is 13.5. The minimum Gasteiger partial charge on any atom is -0.407 e. The maximum absolute atomic E-state index is 10.1. The summed E-state index contributed by atoms with van der Waals surface area (Å²) in [6.07, 6.45) is 0.881. The highest BCUT2D eigenvalue weighted by Crippen LogP contribution is 2.59. The fourth-order valence-corrected chi connectivity index (χ4v) is 5.39. The number of aromatic nitrogens is 4. The van der Waals surface area contributed by atoms with Crippen LogP contribution in [-0.2, 0) is 18.2 Å². The molecule has 13 heteroatoms. The van der Waals surface area contributed by atoms with E-state index in [0.717, 1.165) is 0 Å². The number of hydrogen-bond acceptors (Lipinski definition) is 8. The first-order valence-electron chi connectivity index (χ1n) is 8.04. The van der Waals surface area contributed by atoms with Crippen LogP contribution in [-0.4, -0.2) is 65.2 Å². The Bertz CT molecular complexity index is 836. The van der Waals surface area contributed by atoms with E-state index in [0.29, 0.717) is 11.2 Å². The Balaban J connectivity index is 1.74. The Kier molecular flexibility index (Phi) is 4.64. The van der Waals surface area contributed by atoms with Crippen LogP contribution in [0.3, 0.4) is 0 Å². The van der Waals surface area contributed by atoms with Crippen molar-refractivity contribution in [3.63, 3.8) is 0 Å². The van der Waals surface area contributed by atoms with Crippen LogP contribution in [0.4, 0.5) is 0 Å². The van der Waals surface area contributed by atoms with E-state index in [-0.39, 0.29) is 11.8 Å². The van der Waals surface area contributed by atoms with Gasteiger partial charge in [-0.25, -0.2) is 19.8 Å². The minimum absolute atomic E-state index is 0.121. The molecule has 9 nitrogen and oxygen atoms in total. The molecule has 2 aromatic heterocycles. The second kappa shape index (κ2) is 6.46. The number of rotatable bonds is 3. The molecular weight excluding hydrogens is 397 g/mol. The maximum atomic E-state index is 10.1. The molecule has 2 unspecified atom stereocenters. The van der Waals surface area contributed by atoms with E-state index in [4.69, 9.17) is 37.4 Å². The largest absolute Gasteiger partial charge is 0.488 e. The van der Waals surface area contributed by atoms with Gasteiger partial charge in [-0.3, -0.25) is 4.57 Å². The molecule has 2 aliphatic heterocycles. The summed E-state index contributed by atoms with van der Waals surface area (Å²) in [6.45, 7) is 6.30. The maximum Gasteiger partial charge on any atom is 0.488 e. The molecule has 26 heavy (non-hydrogen) atoms. The van der Waals surface area contributed by atoms with Crippen LogP contribution in [0.2, 0.25) is 24.8 Å². The normalized spacial score (nSPS) is 35.0. The van der Waals surface area contributed by atoms with Gasteiger partial charge in [0.25, 0.3) is 0 Å². The molecule has 0 saturated carbocycles. The summed E-state index contributed by atoms with van der Waals surface area (Å²) in [6, 6.07) is 0. The van der Waals surface area contributed by atoms with Gasteiger partial charge >= 0.3 is 15.4 Å². The molecule has 0 spiro atoms. The summed E-state index contributed by atoms with van der Waals surface area (Å²) in [5.41, 5.74) is 0.996. The molecule has 0 aliphatic carbocycles. The van der Waals surface area contributed by atoms with Gasteiger partial charge < -0.3 is 9.16 Å². The van der Waals surface area contributed by atoms with Crippen LogP contribution in [0.25, 0.3) is 11.2 Å². The molecule has 2 aliphatic rings. The molecule has 2 fully saturated rings. The van der Waals surface area contributed by atoms with Crippen LogP contribution in [0.1, 0.15) is 6.23 Å². The molecule has 5 atom stereocenters. The number of hydrogen-bond donors (Lipinski definition) is 1. The van der Waals surface area contributed by atoms with Crippen LogP contribution in [0, 0.1) is 0 Å². The summed E-state index contributed by atoms with van der Waals surface area (Å²) in [7, 11) is 0.334. The molecular formula is C13H18BClN4O5PSi+. The lowest BCUT2D eigenvalue weighted by molar-refractivity contribution is -0.0600. The minimum atomic E-state index is -3.38. The molecule has 2 radical (unpaired) electrons. The molecule has 4 heterocycles. The van der Waals surface area contributed by atoms with Crippen LogP contribution >= 0.6 is 19.4 Å². The second-order valence-electron chi connectivity index (χ2n) is 7.18. The molecule has 0 amide bonds. The van der Waals surface area contributed by atoms with Gasteiger partial charge in [-0.2, -0.15) is 9.05 Å². The average molecular weight is 416 g/mol. The van der Waals surface area contributed by atoms with Crippen molar-refractivity contribution in [2.24, 2.45) is 0 Å². The Labute approximate surface area is 158 Å². The smallest absolute Gasteiger partial charge is 0.407 e. The van der Waals surface area contributed by atoms with Crippen molar-refractivity contribution in [2.45, 2.75) is 44.2 Å². The summed E-state index contributed by atoms with van der Waals surface area (Å²) < 4.78 is 25.0. The predicted molar refractivity (Wildman–Crippen MR) is 98.2 cm³/mol. The van der Waals surface area contributed by atoms with Crippen molar-refractivity contribution in [1.82, 2.24) is 19.5 Å². The number of ether oxygens (including phenoxy) is 1. The monoisotopic (exact) mass is 415 g/mol. The summed E-state index contributed by atoms with van der Waals surface area (Å²) in [5.74, 6) is 0. The number of fused-ring (bicyclic) bond motifs is 2. The van der Waals surface area contributed by atoms with Crippen molar-refractivity contribution < 1.29 is 23.1 Å². The Morgan fingerprint density at radius 2 is 2.15 bits per heavy atom. The van der Waals surface area contributed by atoms with E-state index >= 15 is 0 Å². The van der Waals surface area contributed by atoms with Gasteiger partial charge in [0.15, 0.2) is 31.4 Å². The third-order valence-corrected chi connectivity index (χ3v) is 6.38.